The van der Waals surface area contributed by atoms with Crippen molar-refractivity contribution in [3.63, 3.8) is 0 Å². The van der Waals surface area contributed by atoms with E-state index in [-0.39, 0.29) is 11.6 Å². The Hall–Kier alpha value is -0.910. The van der Waals surface area contributed by atoms with Gasteiger partial charge in [0.15, 0.2) is 0 Å². The fourth-order valence-corrected chi connectivity index (χ4v) is 3.20. The van der Waals surface area contributed by atoms with Crippen molar-refractivity contribution in [3.05, 3.63) is 17.0 Å². The lowest BCUT2D eigenvalue weighted by atomic mass is 10.1. The number of aromatic nitrogens is 2. The predicted molar refractivity (Wildman–Crippen MR) is 85.4 cm³/mol. The molecule has 0 amide bonds. The number of aliphatic hydroxyl groups excluding tert-OH is 1. The van der Waals surface area contributed by atoms with E-state index in [9.17, 15) is 5.11 Å². The van der Waals surface area contributed by atoms with Crippen molar-refractivity contribution in [3.8, 4) is 0 Å². The van der Waals surface area contributed by atoms with Crippen molar-refractivity contribution in [1.82, 2.24) is 20.0 Å². The second-order valence-corrected chi connectivity index (χ2v) is 7.42. The fourth-order valence-electron chi connectivity index (χ4n) is 3.20. The SMILES string of the molecule is Cc1nn(C(C)(C)C)c(C)c1CN(C)C[C@@H]1C[C@@H](O)CN1. The van der Waals surface area contributed by atoms with Crippen LogP contribution in [0.5, 0.6) is 0 Å². The monoisotopic (exact) mass is 294 g/mol. The molecule has 1 saturated heterocycles. The number of aliphatic hydroxyl groups is 1. The van der Waals surface area contributed by atoms with Crippen LogP contribution in [-0.4, -0.2) is 52.1 Å². The third-order valence-electron chi connectivity index (χ3n) is 4.24. The normalized spacial score (nSPS) is 23.2. The van der Waals surface area contributed by atoms with Crippen molar-refractivity contribution >= 4 is 0 Å². The highest BCUT2D eigenvalue weighted by Gasteiger charge is 2.25. The first-order valence-corrected chi connectivity index (χ1v) is 7.84. The van der Waals surface area contributed by atoms with Crippen molar-refractivity contribution < 1.29 is 5.11 Å². The Morgan fingerprint density at radius 3 is 2.52 bits per heavy atom. The first-order valence-electron chi connectivity index (χ1n) is 7.84. The molecule has 2 atom stereocenters. The van der Waals surface area contributed by atoms with Gasteiger partial charge in [0.2, 0.25) is 0 Å². The molecule has 1 fully saturated rings. The maximum absolute atomic E-state index is 9.59. The van der Waals surface area contributed by atoms with E-state index in [1.807, 2.05) is 0 Å². The summed E-state index contributed by atoms with van der Waals surface area (Å²) in [6.45, 7) is 13.4. The lowest BCUT2D eigenvalue weighted by Gasteiger charge is -2.23. The molecule has 2 rings (SSSR count). The Morgan fingerprint density at radius 2 is 2.05 bits per heavy atom. The minimum Gasteiger partial charge on any atom is -0.392 e. The molecule has 0 spiro atoms. The Kier molecular flexibility index (Phi) is 4.76. The molecule has 0 aromatic carbocycles. The quantitative estimate of drug-likeness (QED) is 0.881. The predicted octanol–water partition coefficient (Wildman–Crippen LogP) is 1.41. The van der Waals surface area contributed by atoms with E-state index in [4.69, 9.17) is 5.10 Å². The van der Waals surface area contributed by atoms with Crippen LogP contribution in [0.15, 0.2) is 0 Å². The molecule has 0 aliphatic carbocycles. The molecule has 0 bridgehead atoms. The summed E-state index contributed by atoms with van der Waals surface area (Å²) in [6.07, 6.45) is 0.666. The molecule has 0 radical (unpaired) electrons. The highest BCUT2D eigenvalue weighted by molar-refractivity contribution is 5.25. The highest BCUT2D eigenvalue weighted by Crippen LogP contribution is 2.22. The van der Waals surface area contributed by atoms with Gasteiger partial charge in [-0.05, 0) is 48.1 Å². The van der Waals surface area contributed by atoms with Gasteiger partial charge < -0.3 is 15.3 Å². The van der Waals surface area contributed by atoms with E-state index in [0.717, 1.165) is 31.7 Å². The zero-order valence-electron chi connectivity index (χ0n) is 14.3. The molecule has 2 heterocycles. The molecular weight excluding hydrogens is 264 g/mol. The number of nitrogens with zero attached hydrogens (tertiary/aromatic N) is 3. The van der Waals surface area contributed by atoms with Crippen LogP contribution in [0, 0.1) is 13.8 Å². The Balaban J connectivity index is 2.04. The number of aryl methyl sites for hydroxylation is 1. The molecule has 1 aliphatic rings. The summed E-state index contributed by atoms with van der Waals surface area (Å²) < 4.78 is 2.13. The highest BCUT2D eigenvalue weighted by atomic mass is 16.3. The summed E-state index contributed by atoms with van der Waals surface area (Å²) in [5.74, 6) is 0. The minimum absolute atomic E-state index is 0.0166. The smallest absolute Gasteiger partial charge is 0.0680 e. The minimum atomic E-state index is -0.185. The van der Waals surface area contributed by atoms with Gasteiger partial charge in [-0.2, -0.15) is 5.10 Å². The van der Waals surface area contributed by atoms with E-state index in [2.05, 4.69) is 56.6 Å². The molecule has 1 aromatic heterocycles. The van der Waals surface area contributed by atoms with E-state index in [0.29, 0.717) is 6.04 Å². The summed E-state index contributed by atoms with van der Waals surface area (Å²) in [5.41, 5.74) is 3.72. The second-order valence-electron chi connectivity index (χ2n) is 7.42. The van der Waals surface area contributed by atoms with Crippen LogP contribution in [0.3, 0.4) is 0 Å². The topological polar surface area (TPSA) is 53.3 Å². The summed E-state index contributed by atoms with van der Waals surface area (Å²) in [7, 11) is 2.14. The molecule has 1 aliphatic heterocycles. The van der Waals surface area contributed by atoms with Crippen LogP contribution in [0.1, 0.15) is 44.1 Å². The summed E-state index contributed by atoms with van der Waals surface area (Å²) in [4.78, 5) is 2.32. The van der Waals surface area contributed by atoms with Gasteiger partial charge in [0, 0.05) is 36.9 Å². The van der Waals surface area contributed by atoms with Gasteiger partial charge in [0.25, 0.3) is 0 Å². The lowest BCUT2D eigenvalue weighted by Crippen LogP contribution is -2.35. The van der Waals surface area contributed by atoms with Gasteiger partial charge in [0.05, 0.1) is 17.3 Å². The number of hydrogen-bond acceptors (Lipinski definition) is 4. The number of β-amino-alcohol motifs (C(OH)–C–C–N with tert-alkyl or cyclic N) is 1. The van der Waals surface area contributed by atoms with Crippen LogP contribution < -0.4 is 5.32 Å². The average Bonchev–Trinajstić information content (AvgIpc) is 2.86. The average molecular weight is 294 g/mol. The Labute approximate surface area is 128 Å². The van der Waals surface area contributed by atoms with Crippen LogP contribution in [0.25, 0.3) is 0 Å². The molecule has 5 heteroatoms. The van der Waals surface area contributed by atoms with Crippen LogP contribution in [-0.2, 0) is 12.1 Å². The fraction of sp³-hybridized carbons (Fsp3) is 0.812. The van der Waals surface area contributed by atoms with Crippen LogP contribution in [0.2, 0.25) is 0 Å². The van der Waals surface area contributed by atoms with E-state index in [1.165, 1.54) is 11.3 Å². The summed E-state index contributed by atoms with van der Waals surface area (Å²) >= 11 is 0. The maximum Gasteiger partial charge on any atom is 0.0680 e. The number of rotatable bonds is 4. The first-order chi connectivity index (χ1) is 9.68. The molecule has 120 valence electrons. The number of nitrogens with one attached hydrogen (secondary N) is 1. The van der Waals surface area contributed by atoms with Crippen molar-refractivity contribution in [2.24, 2.45) is 0 Å². The molecule has 0 unspecified atom stereocenters. The van der Waals surface area contributed by atoms with Gasteiger partial charge in [-0.1, -0.05) is 0 Å². The second kappa shape index (κ2) is 6.07. The Bertz CT molecular complexity index is 489. The van der Waals surface area contributed by atoms with Gasteiger partial charge in [-0.3, -0.25) is 4.68 Å². The van der Waals surface area contributed by atoms with Crippen LogP contribution in [0.4, 0.5) is 0 Å². The maximum atomic E-state index is 9.59. The van der Waals surface area contributed by atoms with Crippen molar-refractivity contribution in [2.45, 2.75) is 65.3 Å². The molecule has 2 N–H and O–H groups in total. The lowest BCUT2D eigenvalue weighted by molar-refractivity contribution is 0.189. The standard InChI is InChI=1S/C16H30N4O/c1-11-15(12(2)20(18-11)16(3,4)5)10-19(6)9-13-7-14(21)8-17-13/h13-14,17,21H,7-10H2,1-6H3/t13-,14+/m0/s1. The van der Waals surface area contributed by atoms with E-state index >= 15 is 0 Å². The summed E-state index contributed by atoms with van der Waals surface area (Å²) in [5, 5.41) is 17.7. The van der Waals surface area contributed by atoms with E-state index < -0.39 is 0 Å². The zero-order valence-corrected chi connectivity index (χ0v) is 14.3. The molecule has 0 saturated carbocycles. The first kappa shape index (κ1) is 16.5. The third-order valence-corrected chi connectivity index (χ3v) is 4.24. The number of likely N-dealkylation sites (N-methyl/N-ethyl adjacent to an activating group) is 1. The van der Waals surface area contributed by atoms with Gasteiger partial charge >= 0.3 is 0 Å². The van der Waals surface area contributed by atoms with Crippen LogP contribution >= 0.6 is 0 Å². The molecule has 1 aromatic rings. The Morgan fingerprint density at radius 1 is 1.38 bits per heavy atom. The van der Waals surface area contributed by atoms with Gasteiger partial charge in [-0.25, -0.2) is 0 Å². The largest absolute Gasteiger partial charge is 0.392 e. The van der Waals surface area contributed by atoms with Crippen molar-refractivity contribution in [2.75, 3.05) is 20.1 Å². The molecule has 21 heavy (non-hydrogen) atoms. The van der Waals surface area contributed by atoms with Gasteiger partial charge in [-0.15, -0.1) is 0 Å². The summed E-state index contributed by atoms with van der Waals surface area (Å²) in [6, 6.07) is 0.392. The molecular formula is C16H30N4O. The van der Waals surface area contributed by atoms with Gasteiger partial charge in [0.1, 0.15) is 0 Å². The number of hydrogen-bond donors (Lipinski definition) is 2. The third kappa shape index (κ3) is 3.84. The van der Waals surface area contributed by atoms with E-state index in [1.54, 1.807) is 0 Å². The zero-order chi connectivity index (χ0) is 15.8. The molecule has 5 nitrogen and oxygen atoms in total. The van der Waals surface area contributed by atoms with Crippen molar-refractivity contribution in [1.29, 1.82) is 0 Å².